The molecular weight excluding hydrogens is 258 g/mol. The lowest BCUT2D eigenvalue weighted by Crippen LogP contribution is -2.35. The third-order valence-electron chi connectivity index (χ3n) is 2.55. The first kappa shape index (κ1) is 13.6. The van der Waals surface area contributed by atoms with Gasteiger partial charge >= 0.3 is 0 Å². The van der Waals surface area contributed by atoms with E-state index in [-0.39, 0.29) is 5.70 Å². The van der Waals surface area contributed by atoms with Crippen LogP contribution in [-0.2, 0) is 4.79 Å². The van der Waals surface area contributed by atoms with Crippen molar-refractivity contribution in [3.63, 3.8) is 0 Å². The highest BCUT2D eigenvalue weighted by Crippen LogP contribution is 2.10. The predicted octanol–water partition coefficient (Wildman–Crippen LogP) is 1.11. The van der Waals surface area contributed by atoms with Gasteiger partial charge in [0.15, 0.2) is 0 Å². The molecule has 0 aliphatic rings. The van der Waals surface area contributed by atoms with Crippen LogP contribution >= 0.6 is 0 Å². The molecule has 0 bridgehead atoms. The Balaban J connectivity index is 2.20. The number of amides is 1. The summed E-state index contributed by atoms with van der Waals surface area (Å²) in [5.41, 5.74) is 0.00322. The average molecular weight is 270 g/mol. The number of hydrogen-bond acceptors (Lipinski definition) is 4. The number of hydrogen-bond donors (Lipinski definition) is 1. The molecule has 2 aromatic rings. The summed E-state index contributed by atoms with van der Waals surface area (Å²) in [6.07, 6.45) is 1.21. The summed E-state index contributed by atoms with van der Waals surface area (Å²) < 4.78 is 5.23. The van der Waals surface area contributed by atoms with Crippen molar-refractivity contribution >= 4 is 18.0 Å². The summed E-state index contributed by atoms with van der Waals surface area (Å²) in [5.74, 6) is -1.04. The van der Waals surface area contributed by atoms with E-state index in [1.165, 1.54) is 6.08 Å². The molecule has 0 aliphatic carbocycles. The number of benzene rings is 1. The van der Waals surface area contributed by atoms with Gasteiger partial charge in [0.25, 0.3) is 5.91 Å². The molecule has 1 N–H and O–H groups in total. The molecule has 0 saturated heterocycles. The Labute approximate surface area is 115 Å². The standard InChI is InChI=1S/C15H13NO4/c1-10-7-8-12(20-10)9-13(15(18)19)16-14(17)11-5-3-2-4-6-11/h2-9H,1H3,(H,16,17)(H,18,19)/p-1/b13-9-. The fraction of sp³-hybridized carbons (Fsp3) is 0.0667. The van der Waals surface area contributed by atoms with Gasteiger partial charge in [0.1, 0.15) is 11.5 Å². The van der Waals surface area contributed by atoms with Crippen molar-refractivity contribution in [2.45, 2.75) is 6.92 Å². The van der Waals surface area contributed by atoms with Crippen molar-refractivity contribution < 1.29 is 19.1 Å². The van der Waals surface area contributed by atoms with Crippen molar-refractivity contribution in [3.05, 3.63) is 65.2 Å². The summed E-state index contributed by atoms with van der Waals surface area (Å²) in [4.78, 5) is 22.9. The van der Waals surface area contributed by atoms with Gasteiger partial charge in [-0.1, -0.05) is 18.2 Å². The molecule has 0 atom stereocenters. The Kier molecular flexibility index (Phi) is 4.00. The zero-order valence-corrected chi connectivity index (χ0v) is 10.8. The van der Waals surface area contributed by atoms with Crippen molar-refractivity contribution in [3.8, 4) is 0 Å². The fourth-order valence-corrected chi connectivity index (χ4v) is 1.60. The normalized spacial score (nSPS) is 11.2. The molecule has 0 spiro atoms. The van der Waals surface area contributed by atoms with Crippen LogP contribution in [0.4, 0.5) is 0 Å². The van der Waals surface area contributed by atoms with Crippen molar-refractivity contribution in [2.24, 2.45) is 0 Å². The highest BCUT2D eigenvalue weighted by atomic mass is 16.4. The van der Waals surface area contributed by atoms with Crippen LogP contribution in [0, 0.1) is 6.92 Å². The second kappa shape index (κ2) is 5.88. The SMILES string of the molecule is Cc1ccc(/C=C(\NC(=O)c2ccccc2)C(=O)[O-])o1. The number of carboxylic acid groups (broad SMARTS) is 1. The quantitative estimate of drug-likeness (QED) is 0.844. The first-order valence-electron chi connectivity index (χ1n) is 5.92. The van der Waals surface area contributed by atoms with Gasteiger partial charge in [-0.3, -0.25) is 4.79 Å². The summed E-state index contributed by atoms with van der Waals surface area (Å²) in [7, 11) is 0. The lowest BCUT2D eigenvalue weighted by molar-refractivity contribution is -0.299. The molecule has 102 valence electrons. The lowest BCUT2D eigenvalue weighted by atomic mass is 10.2. The molecule has 1 amide bonds. The van der Waals surface area contributed by atoms with E-state index in [0.29, 0.717) is 17.1 Å². The first-order valence-corrected chi connectivity index (χ1v) is 5.92. The number of carbonyl (C=O) groups is 2. The molecule has 1 aromatic carbocycles. The number of furan rings is 1. The van der Waals surface area contributed by atoms with Crippen LogP contribution in [0.3, 0.4) is 0 Å². The smallest absolute Gasteiger partial charge is 0.255 e. The largest absolute Gasteiger partial charge is 0.543 e. The number of carboxylic acids is 1. The molecule has 0 aliphatic heterocycles. The zero-order chi connectivity index (χ0) is 14.5. The zero-order valence-electron chi connectivity index (χ0n) is 10.8. The molecule has 2 rings (SSSR count). The van der Waals surface area contributed by atoms with E-state index in [2.05, 4.69) is 5.32 Å². The minimum atomic E-state index is -1.48. The van der Waals surface area contributed by atoms with Gasteiger partial charge in [-0.15, -0.1) is 0 Å². The van der Waals surface area contributed by atoms with Crippen LogP contribution in [-0.4, -0.2) is 11.9 Å². The van der Waals surface area contributed by atoms with Crippen molar-refractivity contribution in [1.82, 2.24) is 5.32 Å². The molecule has 1 heterocycles. The molecule has 0 radical (unpaired) electrons. The summed E-state index contributed by atoms with van der Waals surface area (Å²) in [5, 5.41) is 13.3. The average Bonchev–Trinajstić information content (AvgIpc) is 2.84. The maximum absolute atomic E-state index is 11.9. The highest BCUT2D eigenvalue weighted by molar-refractivity contribution is 6.01. The second-order valence-corrected chi connectivity index (χ2v) is 4.11. The third-order valence-corrected chi connectivity index (χ3v) is 2.55. The third kappa shape index (κ3) is 3.35. The molecule has 0 unspecified atom stereocenters. The van der Waals surface area contributed by atoms with Crippen molar-refractivity contribution in [2.75, 3.05) is 0 Å². The summed E-state index contributed by atoms with van der Waals surface area (Å²) in [6.45, 7) is 1.73. The maximum atomic E-state index is 11.9. The maximum Gasteiger partial charge on any atom is 0.255 e. The van der Waals surface area contributed by atoms with E-state index >= 15 is 0 Å². The highest BCUT2D eigenvalue weighted by Gasteiger charge is 2.09. The van der Waals surface area contributed by atoms with Crippen LogP contribution in [0.1, 0.15) is 21.9 Å². The van der Waals surface area contributed by atoms with Crippen LogP contribution in [0.2, 0.25) is 0 Å². The van der Waals surface area contributed by atoms with Crippen LogP contribution in [0.15, 0.2) is 52.6 Å². The van der Waals surface area contributed by atoms with E-state index < -0.39 is 11.9 Å². The number of aliphatic carboxylic acids is 1. The number of aryl methyl sites for hydroxylation is 1. The molecule has 5 heteroatoms. The predicted molar refractivity (Wildman–Crippen MR) is 70.3 cm³/mol. The van der Waals surface area contributed by atoms with Crippen LogP contribution < -0.4 is 10.4 Å². The van der Waals surface area contributed by atoms with Gasteiger partial charge in [0.05, 0.1) is 11.7 Å². The Morgan fingerprint density at radius 2 is 1.85 bits per heavy atom. The fourth-order valence-electron chi connectivity index (χ4n) is 1.60. The van der Waals surface area contributed by atoms with E-state index in [4.69, 9.17) is 4.42 Å². The summed E-state index contributed by atoms with van der Waals surface area (Å²) in [6, 6.07) is 11.6. The molecule has 1 aromatic heterocycles. The topological polar surface area (TPSA) is 82.4 Å². The molecule has 5 nitrogen and oxygen atoms in total. The van der Waals surface area contributed by atoms with Crippen LogP contribution in [0.5, 0.6) is 0 Å². The Bertz CT molecular complexity index is 656. The van der Waals surface area contributed by atoms with Gasteiger partial charge in [0, 0.05) is 11.6 Å². The van der Waals surface area contributed by atoms with Gasteiger partial charge < -0.3 is 19.6 Å². The van der Waals surface area contributed by atoms with Gasteiger partial charge in [-0.25, -0.2) is 0 Å². The number of rotatable bonds is 4. The Morgan fingerprint density at radius 3 is 2.40 bits per heavy atom. The van der Waals surface area contributed by atoms with E-state index in [0.717, 1.165) is 0 Å². The van der Waals surface area contributed by atoms with Crippen molar-refractivity contribution in [1.29, 1.82) is 0 Å². The van der Waals surface area contributed by atoms with Gasteiger partial charge in [-0.2, -0.15) is 0 Å². The van der Waals surface area contributed by atoms with E-state index in [1.54, 1.807) is 49.4 Å². The second-order valence-electron chi connectivity index (χ2n) is 4.11. The minimum absolute atomic E-state index is 0.329. The minimum Gasteiger partial charge on any atom is -0.543 e. The number of carbonyl (C=O) groups excluding carboxylic acids is 2. The Hall–Kier alpha value is -2.82. The van der Waals surface area contributed by atoms with E-state index in [9.17, 15) is 14.7 Å². The van der Waals surface area contributed by atoms with Gasteiger partial charge in [-0.05, 0) is 31.2 Å². The Morgan fingerprint density at radius 1 is 1.15 bits per heavy atom. The molecule has 0 fully saturated rings. The molecular formula is C15H12NO4-. The van der Waals surface area contributed by atoms with E-state index in [1.807, 2.05) is 0 Å². The lowest BCUT2D eigenvalue weighted by Gasteiger charge is -2.10. The number of nitrogens with one attached hydrogen (secondary N) is 1. The molecule has 20 heavy (non-hydrogen) atoms. The first-order chi connectivity index (χ1) is 9.56. The van der Waals surface area contributed by atoms with Crippen LogP contribution in [0.25, 0.3) is 6.08 Å². The summed E-state index contributed by atoms with van der Waals surface area (Å²) >= 11 is 0. The molecule has 0 saturated carbocycles. The monoisotopic (exact) mass is 270 g/mol. The van der Waals surface area contributed by atoms with Gasteiger partial charge in [0.2, 0.25) is 0 Å².